The van der Waals surface area contributed by atoms with Crippen LogP contribution < -0.4 is 0 Å². The highest BCUT2D eigenvalue weighted by atomic mass is 16.5. The van der Waals surface area contributed by atoms with E-state index in [2.05, 4.69) is 9.72 Å². The van der Waals surface area contributed by atoms with Crippen molar-refractivity contribution < 1.29 is 14.3 Å². The molecule has 0 saturated carbocycles. The zero-order valence-corrected chi connectivity index (χ0v) is 12.4. The molecule has 2 aromatic rings. The summed E-state index contributed by atoms with van der Waals surface area (Å²) in [6.45, 7) is 2.16. The molecule has 0 N–H and O–H groups in total. The van der Waals surface area contributed by atoms with Gasteiger partial charge in [0.1, 0.15) is 6.04 Å². The molecule has 21 heavy (non-hydrogen) atoms. The molecule has 1 heterocycles. The van der Waals surface area contributed by atoms with Gasteiger partial charge in [-0.2, -0.15) is 0 Å². The Balaban J connectivity index is 2.10. The third-order valence-corrected chi connectivity index (χ3v) is 3.51. The van der Waals surface area contributed by atoms with Gasteiger partial charge >= 0.3 is 5.97 Å². The Kier molecular flexibility index (Phi) is 4.57. The van der Waals surface area contributed by atoms with E-state index in [1.165, 1.54) is 12.0 Å². The smallest absolute Gasteiger partial charge is 0.307 e. The predicted octanol–water partition coefficient (Wildman–Crippen LogP) is 1.62. The van der Waals surface area contributed by atoms with Gasteiger partial charge in [0.2, 0.25) is 5.91 Å². The van der Waals surface area contributed by atoms with Gasteiger partial charge in [0.25, 0.3) is 0 Å². The average molecular weight is 289 g/mol. The Bertz CT molecular complexity index is 650. The van der Waals surface area contributed by atoms with Crippen LogP contribution >= 0.6 is 0 Å². The van der Waals surface area contributed by atoms with Crippen molar-refractivity contribution in [3.8, 4) is 0 Å². The lowest BCUT2D eigenvalue weighted by Gasteiger charge is -2.22. The van der Waals surface area contributed by atoms with Crippen LogP contribution in [0.4, 0.5) is 0 Å². The van der Waals surface area contributed by atoms with E-state index in [0.717, 1.165) is 11.0 Å². The molecule has 0 bridgehead atoms. The van der Waals surface area contributed by atoms with Gasteiger partial charge < -0.3 is 14.2 Å². The molecule has 6 nitrogen and oxygen atoms in total. The second kappa shape index (κ2) is 6.39. The topological polar surface area (TPSA) is 64.4 Å². The Morgan fingerprint density at radius 2 is 2.10 bits per heavy atom. The third-order valence-electron chi connectivity index (χ3n) is 3.51. The first-order valence-electron chi connectivity index (χ1n) is 6.78. The highest BCUT2D eigenvalue weighted by Crippen LogP contribution is 2.18. The minimum atomic E-state index is -0.375. The van der Waals surface area contributed by atoms with Gasteiger partial charge in [0.15, 0.2) is 0 Å². The van der Waals surface area contributed by atoms with Crippen LogP contribution in [0.5, 0.6) is 0 Å². The standard InChI is InChI=1S/C15H19N3O3/c1-11(15(20)17(2)9-8-14(19)21-3)18-10-16-12-6-4-5-7-13(12)18/h4-7,10-11H,8-9H2,1-3H3. The molecule has 6 heteroatoms. The number of fused-ring (bicyclic) bond motifs is 1. The second-order valence-corrected chi connectivity index (χ2v) is 4.90. The zero-order chi connectivity index (χ0) is 15.4. The van der Waals surface area contributed by atoms with Crippen molar-refractivity contribution in [2.45, 2.75) is 19.4 Å². The Hall–Kier alpha value is -2.37. The molecule has 0 aliphatic heterocycles. The number of methoxy groups -OCH3 is 1. The fourth-order valence-corrected chi connectivity index (χ4v) is 2.20. The normalized spacial score (nSPS) is 12.1. The van der Waals surface area contributed by atoms with Crippen LogP contribution in [0.1, 0.15) is 19.4 Å². The van der Waals surface area contributed by atoms with Crippen LogP contribution in [0.25, 0.3) is 11.0 Å². The third kappa shape index (κ3) is 3.21. The van der Waals surface area contributed by atoms with Crippen molar-refractivity contribution in [2.24, 2.45) is 0 Å². The number of esters is 1. The van der Waals surface area contributed by atoms with Crippen LogP contribution in [-0.2, 0) is 14.3 Å². The maximum Gasteiger partial charge on any atom is 0.307 e. The first kappa shape index (κ1) is 15.0. The maximum atomic E-state index is 12.4. The molecule has 0 spiro atoms. The molecule has 0 fully saturated rings. The molecule has 0 aliphatic carbocycles. The fraction of sp³-hybridized carbons (Fsp3) is 0.400. The highest BCUT2D eigenvalue weighted by Gasteiger charge is 2.21. The zero-order valence-electron chi connectivity index (χ0n) is 12.4. The number of para-hydroxylation sites is 2. The molecule has 112 valence electrons. The number of carbonyl (C=O) groups excluding carboxylic acids is 2. The van der Waals surface area contributed by atoms with Crippen LogP contribution in [0, 0.1) is 0 Å². The van der Waals surface area contributed by atoms with E-state index in [9.17, 15) is 9.59 Å². The number of carbonyl (C=O) groups is 2. The number of nitrogens with zero attached hydrogens (tertiary/aromatic N) is 3. The van der Waals surface area contributed by atoms with Crippen LogP contribution in [0.15, 0.2) is 30.6 Å². The number of likely N-dealkylation sites (N-methyl/N-ethyl adjacent to an activating group) is 1. The van der Waals surface area contributed by atoms with Crippen molar-refractivity contribution in [3.63, 3.8) is 0 Å². The van der Waals surface area contributed by atoms with Crippen LogP contribution in [0.2, 0.25) is 0 Å². The number of aromatic nitrogens is 2. The predicted molar refractivity (Wildman–Crippen MR) is 78.7 cm³/mol. The molecule has 0 aliphatic rings. The van der Waals surface area contributed by atoms with Crippen LogP contribution in [-0.4, -0.2) is 47.0 Å². The summed E-state index contributed by atoms with van der Waals surface area (Å²) in [6.07, 6.45) is 1.86. The Morgan fingerprint density at radius 3 is 2.81 bits per heavy atom. The van der Waals surface area contributed by atoms with Crippen molar-refractivity contribution >= 4 is 22.9 Å². The van der Waals surface area contributed by atoms with Gasteiger partial charge in [0.05, 0.1) is 30.9 Å². The van der Waals surface area contributed by atoms with Crippen molar-refractivity contribution in [1.29, 1.82) is 0 Å². The summed E-state index contributed by atoms with van der Waals surface area (Å²) in [5, 5.41) is 0. The van der Waals surface area contributed by atoms with E-state index in [-0.39, 0.29) is 24.3 Å². The van der Waals surface area contributed by atoms with Crippen molar-refractivity contribution in [1.82, 2.24) is 14.5 Å². The molecule has 1 unspecified atom stereocenters. The number of benzene rings is 1. The SMILES string of the molecule is COC(=O)CCN(C)C(=O)C(C)n1cnc2ccccc21. The number of hydrogen-bond acceptors (Lipinski definition) is 4. The molecular weight excluding hydrogens is 270 g/mol. The number of imidazole rings is 1. The lowest BCUT2D eigenvalue weighted by atomic mass is 10.2. The largest absolute Gasteiger partial charge is 0.469 e. The number of ether oxygens (including phenoxy) is 1. The minimum absolute atomic E-state index is 0.0675. The molecule has 1 aromatic heterocycles. The summed E-state index contributed by atoms with van der Waals surface area (Å²) in [7, 11) is 3.02. The Morgan fingerprint density at radius 1 is 1.38 bits per heavy atom. The number of rotatable bonds is 5. The quantitative estimate of drug-likeness (QED) is 0.785. The van der Waals surface area contributed by atoms with Crippen molar-refractivity contribution in [3.05, 3.63) is 30.6 Å². The van der Waals surface area contributed by atoms with Gasteiger partial charge in [-0.1, -0.05) is 12.1 Å². The molecule has 1 atom stereocenters. The second-order valence-electron chi connectivity index (χ2n) is 4.90. The molecule has 1 amide bonds. The minimum Gasteiger partial charge on any atom is -0.469 e. The highest BCUT2D eigenvalue weighted by molar-refractivity contribution is 5.83. The van der Waals surface area contributed by atoms with E-state index >= 15 is 0 Å². The summed E-state index contributed by atoms with van der Waals surface area (Å²) in [5.41, 5.74) is 1.77. The Labute approximate surface area is 123 Å². The van der Waals surface area contributed by atoms with E-state index in [0.29, 0.717) is 6.54 Å². The maximum absolute atomic E-state index is 12.4. The summed E-state index contributed by atoms with van der Waals surface area (Å²) >= 11 is 0. The van der Waals surface area contributed by atoms with Gasteiger partial charge in [-0.3, -0.25) is 9.59 Å². The van der Waals surface area contributed by atoms with E-state index < -0.39 is 0 Å². The van der Waals surface area contributed by atoms with Crippen LogP contribution in [0.3, 0.4) is 0 Å². The lowest BCUT2D eigenvalue weighted by Crippen LogP contribution is -2.34. The van der Waals surface area contributed by atoms with E-state index in [4.69, 9.17) is 0 Å². The molecule has 1 aromatic carbocycles. The van der Waals surface area contributed by atoms with Gasteiger partial charge in [0, 0.05) is 13.6 Å². The summed E-state index contributed by atoms with van der Waals surface area (Å²) in [6, 6.07) is 7.29. The average Bonchev–Trinajstić information content (AvgIpc) is 2.94. The molecular formula is C15H19N3O3. The molecule has 0 radical (unpaired) electrons. The summed E-state index contributed by atoms with van der Waals surface area (Å²) in [4.78, 5) is 29.4. The number of hydrogen-bond donors (Lipinski definition) is 0. The van der Waals surface area contributed by atoms with E-state index in [1.54, 1.807) is 13.4 Å². The monoisotopic (exact) mass is 289 g/mol. The lowest BCUT2D eigenvalue weighted by molar-refractivity contribution is -0.141. The van der Waals surface area contributed by atoms with Gasteiger partial charge in [-0.25, -0.2) is 4.98 Å². The van der Waals surface area contributed by atoms with Gasteiger partial charge in [-0.15, -0.1) is 0 Å². The summed E-state index contributed by atoms with van der Waals surface area (Å²) in [5.74, 6) is -0.391. The number of amides is 1. The molecule has 0 saturated heterocycles. The first-order chi connectivity index (χ1) is 10.0. The van der Waals surface area contributed by atoms with Crippen molar-refractivity contribution in [2.75, 3.05) is 20.7 Å². The fourth-order valence-electron chi connectivity index (χ4n) is 2.20. The van der Waals surface area contributed by atoms with E-state index in [1.807, 2.05) is 35.8 Å². The van der Waals surface area contributed by atoms with Gasteiger partial charge in [-0.05, 0) is 19.1 Å². The molecule has 2 rings (SSSR count). The summed E-state index contributed by atoms with van der Waals surface area (Å²) < 4.78 is 6.42. The first-order valence-corrected chi connectivity index (χ1v) is 6.78.